The van der Waals surface area contributed by atoms with Crippen LogP contribution in [0.1, 0.15) is 16.8 Å². The predicted octanol–water partition coefficient (Wildman–Crippen LogP) is 1.56. The van der Waals surface area contributed by atoms with Crippen LogP contribution in [0.4, 0.5) is 5.69 Å². The van der Waals surface area contributed by atoms with Gasteiger partial charge in [-0.25, -0.2) is 0 Å². The molecule has 0 spiro atoms. The van der Waals surface area contributed by atoms with Gasteiger partial charge in [0.2, 0.25) is 4.96 Å². The minimum absolute atomic E-state index is 0.0323. The van der Waals surface area contributed by atoms with Crippen LogP contribution in [0.2, 0.25) is 0 Å². The average Bonchev–Trinajstić information content (AvgIpc) is 2.98. The number of hydrogen-bond acceptors (Lipinski definition) is 7. The van der Waals surface area contributed by atoms with E-state index in [0.717, 1.165) is 21.4 Å². The van der Waals surface area contributed by atoms with Crippen LogP contribution in [-0.4, -0.2) is 19.5 Å². The Hall–Kier alpha value is -3.72. The van der Waals surface area contributed by atoms with Gasteiger partial charge in [0, 0.05) is 18.6 Å². The highest BCUT2D eigenvalue weighted by atomic mass is 32.1. The highest BCUT2D eigenvalue weighted by molar-refractivity contribution is 7.15. The van der Waals surface area contributed by atoms with Crippen molar-refractivity contribution in [3.63, 3.8) is 0 Å². The van der Waals surface area contributed by atoms with Crippen molar-refractivity contribution >= 4 is 28.1 Å². The van der Waals surface area contributed by atoms with Crippen molar-refractivity contribution in [2.45, 2.75) is 6.42 Å². The third-order valence-electron chi connectivity index (χ3n) is 4.07. The molecule has 2 aromatic heterocycles. The first-order chi connectivity index (χ1) is 13.5. The summed E-state index contributed by atoms with van der Waals surface area (Å²) in [6.45, 7) is 0. The monoisotopic (exact) mass is 392 g/mol. The lowest BCUT2D eigenvalue weighted by Gasteiger charge is -1.99. The first-order valence-corrected chi connectivity index (χ1v) is 9.06. The fourth-order valence-corrected chi connectivity index (χ4v) is 3.59. The van der Waals surface area contributed by atoms with Crippen molar-refractivity contribution in [3.05, 3.63) is 107 Å². The number of nitro groups is 1. The fraction of sp³-hybridized carbons (Fsp3) is 0.0526. The molecule has 0 bridgehead atoms. The maximum absolute atomic E-state index is 12.7. The quantitative estimate of drug-likeness (QED) is 0.385. The average molecular weight is 392 g/mol. The second-order valence-corrected chi connectivity index (χ2v) is 6.99. The zero-order valence-corrected chi connectivity index (χ0v) is 15.1. The minimum Gasteiger partial charge on any atom is -0.266 e. The van der Waals surface area contributed by atoms with E-state index in [1.54, 1.807) is 18.2 Å². The molecule has 2 heterocycles. The normalized spacial score (nSPS) is 11.8. The van der Waals surface area contributed by atoms with E-state index in [1.165, 1.54) is 12.1 Å². The van der Waals surface area contributed by atoms with E-state index < -0.39 is 10.5 Å². The number of thiazole rings is 1. The lowest BCUT2D eigenvalue weighted by Crippen LogP contribution is -2.28. The second kappa shape index (κ2) is 7.12. The minimum atomic E-state index is -0.490. The molecular weight excluding hydrogens is 380 g/mol. The second-order valence-electron chi connectivity index (χ2n) is 5.98. The number of hydrogen-bond donors (Lipinski definition) is 0. The Bertz CT molecular complexity index is 1350. The van der Waals surface area contributed by atoms with Crippen LogP contribution in [0.15, 0.2) is 64.2 Å². The Balaban J connectivity index is 1.77. The largest absolute Gasteiger partial charge is 0.296 e. The summed E-state index contributed by atoms with van der Waals surface area (Å²) in [4.78, 5) is 39.4. The molecule has 0 aliphatic heterocycles. The van der Waals surface area contributed by atoms with Gasteiger partial charge in [-0.15, -0.1) is 0 Å². The molecule has 28 heavy (non-hydrogen) atoms. The number of benzene rings is 2. The lowest BCUT2D eigenvalue weighted by atomic mass is 10.1. The van der Waals surface area contributed by atoms with Crippen LogP contribution in [0.5, 0.6) is 0 Å². The van der Waals surface area contributed by atoms with Crippen molar-refractivity contribution in [2.24, 2.45) is 0 Å². The van der Waals surface area contributed by atoms with E-state index in [0.29, 0.717) is 10.1 Å². The number of rotatable bonds is 4. The molecule has 0 N–H and O–H groups in total. The van der Waals surface area contributed by atoms with Crippen LogP contribution in [0.3, 0.4) is 0 Å². The number of fused-ring (bicyclic) bond motifs is 1. The third-order valence-corrected chi connectivity index (χ3v) is 5.03. The van der Waals surface area contributed by atoms with E-state index in [-0.39, 0.29) is 28.3 Å². The van der Waals surface area contributed by atoms with Crippen LogP contribution >= 0.6 is 11.3 Å². The number of non-ortho nitro benzene ring substituents is 1. The summed E-state index contributed by atoms with van der Waals surface area (Å²) in [6, 6.07) is 15.2. The molecule has 0 fully saturated rings. The molecule has 0 saturated carbocycles. The van der Waals surface area contributed by atoms with Crippen LogP contribution in [0, 0.1) is 10.1 Å². The fourth-order valence-electron chi connectivity index (χ4n) is 2.68. The van der Waals surface area contributed by atoms with Gasteiger partial charge in [0.05, 0.1) is 9.46 Å². The SMILES string of the molecule is O=c1nc2sc(=Cc3ccc([N+](=O)[O-])cc3)c(=O)n2nc1Cc1ccccc1. The summed E-state index contributed by atoms with van der Waals surface area (Å²) in [5, 5.41) is 14.9. The molecule has 0 unspecified atom stereocenters. The standard InChI is InChI=1S/C19H12N4O4S/c24-17-15(10-12-4-2-1-3-5-12)21-22-18(25)16(28-19(22)20-17)11-13-6-8-14(9-7-13)23(26)27/h1-9,11H,10H2. The number of nitrogens with zero attached hydrogens (tertiary/aromatic N) is 4. The molecule has 4 aromatic rings. The van der Waals surface area contributed by atoms with Gasteiger partial charge in [0.1, 0.15) is 5.69 Å². The Labute approximate surface area is 161 Å². The highest BCUT2D eigenvalue weighted by Crippen LogP contribution is 2.12. The van der Waals surface area contributed by atoms with E-state index in [4.69, 9.17) is 0 Å². The smallest absolute Gasteiger partial charge is 0.266 e. The first-order valence-electron chi connectivity index (χ1n) is 8.24. The van der Waals surface area contributed by atoms with Crippen molar-refractivity contribution < 1.29 is 4.92 Å². The molecule has 9 heteroatoms. The summed E-state index contributed by atoms with van der Waals surface area (Å²) >= 11 is 1.05. The molecule has 0 aliphatic rings. The summed E-state index contributed by atoms with van der Waals surface area (Å²) in [5.74, 6) is 0. The zero-order valence-electron chi connectivity index (χ0n) is 14.3. The van der Waals surface area contributed by atoms with Crippen molar-refractivity contribution in [1.29, 1.82) is 0 Å². The summed E-state index contributed by atoms with van der Waals surface area (Å²) in [6.07, 6.45) is 1.88. The Morgan fingerprint density at radius 3 is 2.46 bits per heavy atom. The van der Waals surface area contributed by atoms with Gasteiger partial charge < -0.3 is 0 Å². The zero-order chi connectivity index (χ0) is 19.7. The Kier molecular flexibility index (Phi) is 4.50. The van der Waals surface area contributed by atoms with Gasteiger partial charge in [-0.3, -0.25) is 19.7 Å². The van der Waals surface area contributed by atoms with E-state index in [9.17, 15) is 19.7 Å². The molecule has 4 rings (SSSR count). The molecular formula is C19H12N4O4S. The van der Waals surface area contributed by atoms with Crippen LogP contribution in [-0.2, 0) is 6.42 Å². The predicted molar refractivity (Wildman–Crippen MR) is 105 cm³/mol. The molecule has 2 aromatic carbocycles. The maximum atomic E-state index is 12.7. The summed E-state index contributed by atoms with van der Waals surface area (Å²) < 4.78 is 1.46. The van der Waals surface area contributed by atoms with Crippen LogP contribution < -0.4 is 15.7 Å². The van der Waals surface area contributed by atoms with Gasteiger partial charge in [-0.1, -0.05) is 41.7 Å². The molecule has 0 radical (unpaired) electrons. The van der Waals surface area contributed by atoms with E-state index in [1.807, 2.05) is 30.3 Å². The Morgan fingerprint density at radius 2 is 1.79 bits per heavy atom. The van der Waals surface area contributed by atoms with Gasteiger partial charge in [0.25, 0.3) is 16.8 Å². The molecule has 0 atom stereocenters. The number of aromatic nitrogens is 3. The van der Waals surface area contributed by atoms with Gasteiger partial charge in [0.15, 0.2) is 0 Å². The molecule has 0 amide bonds. The third kappa shape index (κ3) is 3.42. The topological polar surface area (TPSA) is 107 Å². The van der Waals surface area contributed by atoms with Gasteiger partial charge in [-0.05, 0) is 29.3 Å². The summed E-state index contributed by atoms with van der Waals surface area (Å²) in [5.41, 5.74) is 0.832. The van der Waals surface area contributed by atoms with Crippen molar-refractivity contribution in [2.75, 3.05) is 0 Å². The summed E-state index contributed by atoms with van der Waals surface area (Å²) in [7, 11) is 0. The highest BCUT2D eigenvalue weighted by Gasteiger charge is 2.12. The Morgan fingerprint density at radius 1 is 1.07 bits per heavy atom. The maximum Gasteiger partial charge on any atom is 0.296 e. The van der Waals surface area contributed by atoms with Crippen molar-refractivity contribution in [1.82, 2.24) is 14.6 Å². The van der Waals surface area contributed by atoms with E-state index >= 15 is 0 Å². The van der Waals surface area contributed by atoms with Gasteiger partial charge in [-0.2, -0.15) is 14.6 Å². The molecule has 8 nitrogen and oxygen atoms in total. The molecule has 138 valence electrons. The molecule has 0 aliphatic carbocycles. The van der Waals surface area contributed by atoms with E-state index in [2.05, 4.69) is 10.1 Å². The van der Waals surface area contributed by atoms with Crippen molar-refractivity contribution in [3.8, 4) is 0 Å². The number of nitro benzene ring substituents is 1. The van der Waals surface area contributed by atoms with Crippen LogP contribution in [0.25, 0.3) is 11.0 Å². The lowest BCUT2D eigenvalue weighted by molar-refractivity contribution is -0.384. The molecule has 0 saturated heterocycles. The first kappa shape index (κ1) is 17.7. The van der Waals surface area contributed by atoms with Gasteiger partial charge >= 0.3 is 0 Å².